The van der Waals surface area contributed by atoms with E-state index in [1.54, 1.807) is 20.0 Å². The minimum absolute atomic E-state index is 0.0793. The summed E-state index contributed by atoms with van der Waals surface area (Å²) < 4.78 is 6.72. The van der Waals surface area contributed by atoms with Crippen molar-refractivity contribution in [2.45, 2.75) is 6.92 Å². The molecule has 2 N–H and O–H groups in total. The van der Waals surface area contributed by atoms with Crippen molar-refractivity contribution in [3.8, 4) is 5.75 Å². The largest absolute Gasteiger partial charge is 0.505 e. The van der Waals surface area contributed by atoms with Gasteiger partial charge in [-0.05, 0) is 35.0 Å². The first-order valence-corrected chi connectivity index (χ1v) is 6.72. The molecule has 0 spiro atoms. The number of carbonyl (C=O) groups is 1. The first-order chi connectivity index (χ1) is 9.51. The van der Waals surface area contributed by atoms with E-state index in [0.717, 1.165) is 0 Å². The Bertz CT molecular complexity index is 739. The van der Waals surface area contributed by atoms with Gasteiger partial charge in [0.15, 0.2) is 5.75 Å². The maximum absolute atomic E-state index is 12.3. The lowest BCUT2D eigenvalue weighted by atomic mass is 10.1. The molecular weight excluding hydrogens is 328 g/mol. The normalized spacial score (nSPS) is 10.6. The Balaban J connectivity index is 2.84. The summed E-state index contributed by atoms with van der Waals surface area (Å²) >= 11 is 3.19. The molecule has 0 aliphatic rings. The fourth-order valence-corrected chi connectivity index (χ4v) is 2.23. The zero-order valence-electron chi connectivity index (χ0n) is 10.9. The number of benzene rings is 1. The van der Waals surface area contributed by atoms with Gasteiger partial charge in [0, 0.05) is 13.2 Å². The van der Waals surface area contributed by atoms with Crippen molar-refractivity contribution in [1.29, 1.82) is 0 Å². The predicted octanol–water partition coefficient (Wildman–Crippen LogP) is 1.82. The number of esters is 1. The zero-order valence-corrected chi connectivity index (χ0v) is 12.5. The highest BCUT2D eigenvalue weighted by molar-refractivity contribution is 9.10. The van der Waals surface area contributed by atoms with Crippen LogP contribution in [0.3, 0.4) is 0 Å². The van der Waals surface area contributed by atoms with E-state index in [-0.39, 0.29) is 23.3 Å². The zero-order chi connectivity index (χ0) is 14.9. The van der Waals surface area contributed by atoms with E-state index in [1.807, 2.05) is 0 Å². The summed E-state index contributed by atoms with van der Waals surface area (Å²) in [5.74, 6) is -0.768. The molecule has 0 aliphatic carbocycles. The van der Waals surface area contributed by atoms with Crippen LogP contribution in [0.5, 0.6) is 5.75 Å². The van der Waals surface area contributed by atoms with Crippen LogP contribution in [0.2, 0.25) is 0 Å². The lowest BCUT2D eigenvalue weighted by Gasteiger charge is -2.14. The number of aromatic nitrogens is 1. The maximum atomic E-state index is 12.3. The van der Waals surface area contributed by atoms with Gasteiger partial charge in [-0.1, -0.05) is 0 Å². The molecule has 0 unspecified atom stereocenters. The number of phenols is 1. The van der Waals surface area contributed by atoms with Crippen LogP contribution in [-0.2, 0) is 4.74 Å². The third-order valence-corrected chi connectivity index (χ3v) is 3.47. The first-order valence-electron chi connectivity index (χ1n) is 5.93. The van der Waals surface area contributed by atoms with Crippen LogP contribution < -0.4 is 10.9 Å². The summed E-state index contributed by atoms with van der Waals surface area (Å²) in [6.07, 6.45) is 1.31. The fraction of sp³-hybridized carbons (Fsp3) is 0.231. The molecule has 1 heterocycles. The van der Waals surface area contributed by atoms with Gasteiger partial charge in [0.1, 0.15) is 11.1 Å². The van der Waals surface area contributed by atoms with Crippen LogP contribution in [0, 0.1) is 0 Å². The highest BCUT2D eigenvalue weighted by Gasteiger charge is 2.19. The molecule has 106 valence electrons. The van der Waals surface area contributed by atoms with E-state index >= 15 is 0 Å². The van der Waals surface area contributed by atoms with Crippen LogP contribution >= 0.6 is 15.9 Å². The van der Waals surface area contributed by atoms with Crippen molar-refractivity contribution in [2.24, 2.45) is 0 Å². The Kier molecular flexibility index (Phi) is 3.99. The number of halogens is 1. The maximum Gasteiger partial charge on any atom is 0.343 e. The molecule has 0 radical (unpaired) electrons. The van der Waals surface area contributed by atoms with E-state index in [4.69, 9.17) is 4.74 Å². The van der Waals surface area contributed by atoms with Gasteiger partial charge in [-0.25, -0.2) is 4.79 Å². The number of hydrogen-bond acceptors (Lipinski definition) is 5. The first kappa shape index (κ1) is 14.4. The van der Waals surface area contributed by atoms with Crippen molar-refractivity contribution in [2.75, 3.05) is 19.1 Å². The second-order valence-corrected chi connectivity index (χ2v) is 4.83. The van der Waals surface area contributed by atoms with Gasteiger partial charge in [0.2, 0.25) is 5.43 Å². The molecule has 20 heavy (non-hydrogen) atoms. The van der Waals surface area contributed by atoms with Gasteiger partial charge in [0.25, 0.3) is 0 Å². The summed E-state index contributed by atoms with van der Waals surface area (Å²) in [5.41, 5.74) is 2.52. The summed E-state index contributed by atoms with van der Waals surface area (Å²) in [7, 11) is 1.61. The summed E-state index contributed by atoms with van der Waals surface area (Å²) in [5, 5.41) is 10.3. The van der Waals surface area contributed by atoms with Gasteiger partial charge in [0.05, 0.1) is 16.5 Å². The number of pyridine rings is 1. The van der Waals surface area contributed by atoms with Crippen molar-refractivity contribution in [1.82, 2.24) is 4.68 Å². The van der Waals surface area contributed by atoms with Crippen molar-refractivity contribution in [3.63, 3.8) is 0 Å². The number of aromatic hydroxyl groups is 1. The molecule has 0 atom stereocenters. The standard InChI is InChI=1S/C13H13BrN2O4/c1-3-20-13(19)8-6-16(15-2)10-7(11(8)17)4-5-9(14)12(10)18/h4-6,15,18H,3H2,1-2H3. The molecule has 0 saturated heterocycles. The number of rotatable bonds is 3. The van der Waals surface area contributed by atoms with Crippen LogP contribution in [0.15, 0.2) is 27.6 Å². The van der Waals surface area contributed by atoms with Gasteiger partial charge < -0.3 is 15.3 Å². The SMILES string of the molecule is CCOC(=O)c1cn(NC)c2c(O)c(Br)ccc2c1=O. The number of phenolic OH excluding ortho intramolecular Hbond substituents is 1. The molecule has 6 nitrogen and oxygen atoms in total. The third kappa shape index (κ3) is 2.24. The third-order valence-electron chi connectivity index (χ3n) is 2.83. The molecule has 2 aromatic rings. The van der Waals surface area contributed by atoms with Gasteiger partial charge in [-0.15, -0.1) is 0 Å². The Morgan fingerprint density at radius 2 is 2.20 bits per heavy atom. The van der Waals surface area contributed by atoms with E-state index in [2.05, 4.69) is 21.4 Å². The molecule has 0 fully saturated rings. The number of nitrogens with zero attached hydrogens (tertiary/aromatic N) is 1. The highest BCUT2D eigenvalue weighted by Crippen LogP contribution is 2.30. The molecule has 1 aromatic carbocycles. The van der Waals surface area contributed by atoms with Crippen molar-refractivity contribution < 1.29 is 14.6 Å². The molecule has 0 aliphatic heterocycles. The Morgan fingerprint density at radius 3 is 2.80 bits per heavy atom. The summed E-state index contributed by atoms with van der Waals surface area (Å²) in [6.45, 7) is 1.85. The van der Waals surface area contributed by atoms with Gasteiger partial charge >= 0.3 is 5.97 Å². The van der Waals surface area contributed by atoms with Crippen molar-refractivity contribution >= 4 is 32.8 Å². The molecule has 0 saturated carbocycles. The molecule has 2 rings (SSSR count). The Hall–Kier alpha value is -2.02. The molecule has 1 aromatic heterocycles. The lowest BCUT2D eigenvalue weighted by Crippen LogP contribution is -2.23. The smallest absolute Gasteiger partial charge is 0.343 e. The number of fused-ring (bicyclic) bond motifs is 1. The van der Waals surface area contributed by atoms with E-state index in [0.29, 0.717) is 9.99 Å². The van der Waals surface area contributed by atoms with E-state index in [1.165, 1.54) is 16.9 Å². The minimum Gasteiger partial charge on any atom is -0.505 e. The van der Waals surface area contributed by atoms with Crippen LogP contribution in [0.25, 0.3) is 10.9 Å². The number of nitrogens with one attached hydrogen (secondary N) is 1. The summed E-state index contributed by atoms with van der Waals surface area (Å²) in [4.78, 5) is 24.1. The van der Waals surface area contributed by atoms with Crippen LogP contribution in [0.4, 0.5) is 0 Å². The topological polar surface area (TPSA) is 80.6 Å². The number of hydrogen-bond donors (Lipinski definition) is 2. The van der Waals surface area contributed by atoms with Crippen LogP contribution in [0.1, 0.15) is 17.3 Å². The molecule has 7 heteroatoms. The Morgan fingerprint density at radius 1 is 1.50 bits per heavy atom. The fourth-order valence-electron chi connectivity index (χ4n) is 1.91. The second kappa shape index (κ2) is 5.54. The average Bonchev–Trinajstić information content (AvgIpc) is 2.43. The van der Waals surface area contributed by atoms with Gasteiger partial charge in [-0.3, -0.25) is 9.47 Å². The second-order valence-electron chi connectivity index (χ2n) is 3.98. The van der Waals surface area contributed by atoms with Gasteiger partial charge in [-0.2, -0.15) is 0 Å². The number of ether oxygens (including phenoxy) is 1. The lowest BCUT2D eigenvalue weighted by molar-refractivity contribution is 0.0524. The molecular formula is C13H13BrN2O4. The minimum atomic E-state index is -0.689. The van der Waals surface area contributed by atoms with Crippen LogP contribution in [-0.4, -0.2) is 29.4 Å². The van der Waals surface area contributed by atoms with Crippen molar-refractivity contribution in [3.05, 3.63) is 38.6 Å². The summed E-state index contributed by atoms with van der Waals surface area (Å²) in [6, 6.07) is 3.09. The van der Waals surface area contributed by atoms with E-state index in [9.17, 15) is 14.7 Å². The molecule has 0 bridgehead atoms. The molecule has 0 amide bonds. The number of carbonyl (C=O) groups excluding carboxylic acids is 1. The predicted molar refractivity (Wildman–Crippen MR) is 78.8 cm³/mol. The average molecular weight is 341 g/mol. The quantitative estimate of drug-likeness (QED) is 0.833. The highest BCUT2D eigenvalue weighted by atomic mass is 79.9. The monoisotopic (exact) mass is 340 g/mol. The Labute approximate surface area is 123 Å². The van der Waals surface area contributed by atoms with E-state index < -0.39 is 11.4 Å².